The summed E-state index contributed by atoms with van der Waals surface area (Å²) in [5.74, 6) is -1.10. The number of alkyl halides is 3. The lowest BCUT2D eigenvalue weighted by atomic mass is 9.90. The number of benzene rings is 1. The molecule has 2 amide bonds. The predicted octanol–water partition coefficient (Wildman–Crippen LogP) is 5.09. The average molecular weight is 435 g/mol. The van der Waals surface area contributed by atoms with Crippen LogP contribution in [0, 0.1) is 11.3 Å². The van der Waals surface area contributed by atoms with Gasteiger partial charge in [0.25, 0.3) is 0 Å². The Labute approximate surface area is 173 Å². The maximum absolute atomic E-state index is 13.4. The van der Waals surface area contributed by atoms with E-state index in [0.29, 0.717) is 17.8 Å². The number of hydrogen-bond donors (Lipinski definition) is 1. The standard InChI is InChI=1S/C20H16F3N3O3S/c21-20(22,23)13-9-12(6-5-11(13)10-24)25-14-3-1-2-4-15(14)26(19(25)29)17-8-7-16(30-17)18(27)28/h5-9,14-15H,1-4H2,(H,27,28). The quantitative estimate of drug-likeness (QED) is 0.727. The largest absolute Gasteiger partial charge is 0.477 e. The van der Waals surface area contributed by atoms with Gasteiger partial charge < -0.3 is 5.11 Å². The SMILES string of the molecule is N#Cc1ccc(N2C(=O)N(c3ccc(C(=O)O)s3)C3CCCCC32)cc1C(F)(F)F. The Morgan fingerprint density at radius 2 is 1.80 bits per heavy atom. The number of fused-ring (bicyclic) bond motifs is 1. The summed E-state index contributed by atoms with van der Waals surface area (Å²) in [6.45, 7) is 0. The average Bonchev–Trinajstić information content (AvgIpc) is 3.29. The second-order valence-corrected chi connectivity index (χ2v) is 8.29. The number of anilines is 2. The summed E-state index contributed by atoms with van der Waals surface area (Å²) >= 11 is 0.964. The third-order valence-corrected chi connectivity index (χ3v) is 6.59. The van der Waals surface area contributed by atoms with Crippen molar-refractivity contribution in [3.8, 4) is 6.07 Å². The molecule has 2 unspecified atom stereocenters. The summed E-state index contributed by atoms with van der Waals surface area (Å²) in [5.41, 5.74) is -1.49. The van der Waals surface area contributed by atoms with E-state index in [1.807, 2.05) is 0 Å². The molecule has 0 bridgehead atoms. The van der Waals surface area contributed by atoms with Crippen molar-refractivity contribution in [2.45, 2.75) is 43.9 Å². The molecule has 10 heteroatoms. The van der Waals surface area contributed by atoms with Gasteiger partial charge in [-0.05, 0) is 43.2 Å². The molecule has 1 aromatic carbocycles. The van der Waals surface area contributed by atoms with E-state index in [1.165, 1.54) is 21.9 Å². The highest BCUT2D eigenvalue weighted by molar-refractivity contribution is 7.18. The third-order valence-electron chi connectivity index (χ3n) is 5.52. The molecule has 6 nitrogen and oxygen atoms in total. The van der Waals surface area contributed by atoms with Gasteiger partial charge in [-0.2, -0.15) is 18.4 Å². The van der Waals surface area contributed by atoms with E-state index in [1.54, 1.807) is 12.1 Å². The minimum Gasteiger partial charge on any atom is -0.477 e. The van der Waals surface area contributed by atoms with Crippen molar-refractivity contribution in [3.05, 3.63) is 46.3 Å². The predicted molar refractivity (Wildman–Crippen MR) is 104 cm³/mol. The van der Waals surface area contributed by atoms with Crippen molar-refractivity contribution in [3.63, 3.8) is 0 Å². The van der Waals surface area contributed by atoms with Gasteiger partial charge in [0, 0.05) is 5.69 Å². The van der Waals surface area contributed by atoms with Crippen LogP contribution in [0.5, 0.6) is 0 Å². The zero-order chi connectivity index (χ0) is 21.6. The van der Waals surface area contributed by atoms with Crippen molar-refractivity contribution in [1.29, 1.82) is 5.26 Å². The van der Waals surface area contributed by atoms with Crippen molar-refractivity contribution >= 4 is 34.0 Å². The lowest BCUT2D eigenvalue weighted by Gasteiger charge is -2.31. The van der Waals surface area contributed by atoms with E-state index in [4.69, 9.17) is 5.26 Å². The Kier molecular flexibility index (Phi) is 4.94. The number of halogens is 3. The topological polar surface area (TPSA) is 84.6 Å². The number of carboxylic acid groups (broad SMARTS) is 1. The van der Waals surface area contributed by atoms with Crippen molar-refractivity contribution in [2.24, 2.45) is 0 Å². The monoisotopic (exact) mass is 435 g/mol. The number of nitrogens with zero attached hydrogens (tertiary/aromatic N) is 3. The number of amides is 2. The van der Waals surface area contributed by atoms with Gasteiger partial charge in [-0.1, -0.05) is 12.8 Å². The number of thiophene rings is 1. The molecular formula is C20H16F3N3O3S. The normalized spacial score (nSPS) is 21.5. The summed E-state index contributed by atoms with van der Waals surface area (Å²) in [7, 11) is 0. The van der Waals surface area contributed by atoms with Gasteiger partial charge in [-0.3, -0.25) is 9.80 Å². The number of aromatic carboxylic acids is 1. The van der Waals surface area contributed by atoms with Crippen molar-refractivity contribution < 1.29 is 27.9 Å². The first-order valence-corrected chi connectivity index (χ1v) is 10.1. The summed E-state index contributed by atoms with van der Waals surface area (Å²) < 4.78 is 40.3. The molecule has 1 N–H and O–H groups in total. The fraction of sp³-hybridized carbons (Fsp3) is 0.350. The maximum Gasteiger partial charge on any atom is 0.417 e. The highest BCUT2D eigenvalue weighted by Gasteiger charge is 2.49. The molecule has 2 fully saturated rings. The van der Waals surface area contributed by atoms with E-state index in [-0.39, 0.29) is 22.6 Å². The van der Waals surface area contributed by atoms with Gasteiger partial charge in [0.15, 0.2) is 0 Å². The zero-order valence-corrected chi connectivity index (χ0v) is 16.3. The molecule has 2 heterocycles. The van der Waals surface area contributed by atoms with Gasteiger partial charge in [0.2, 0.25) is 0 Å². The first kappa shape index (κ1) is 20.2. The first-order valence-electron chi connectivity index (χ1n) is 9.29. The van der Waals surface area contributed by atoms with E-state index in [2.05, 4.69) is 0 Å². The summed E-state index contributed by atoms with van der Waals surface area (Å²) in [4.78, 5) is 27.5. The Bertz CT molecular complexity index is 1060. The van der Waals surface area contributed by atoms with Crippen molar-refractivity contribution in [1.82, 2.24) is 0 Å². The van der Waals surface area contributed by atoms with Crippen LogP contribution < -0.4 is 9.80 Å². The van der Waals surface area contributed by atoms with E-state index < -0.39 is 29.3 Å². The molecule has 2 atom stereocenters. The number of carbonyl (C=O) groups is 2. The number of nitriles is 1. The molecule has 1 aliphatic heterocycles. The van der Waals surface area contributed by atoms with Crippen LogP contribution in [0.2, 0.25) is 0 Å². The summed E-state index contributed by atoms with van der Waals surface area (Å²) in [6.07, 6.45) is -1.70. The van der Waals surface area contributed by atoms with Gasteiger partial charge in [-0.15, -0.1) is 11.3 Å². The maximum atomic E-state index is 13.4. The van der Waals surface area contributed by atoms with Crippen LogP contribution in [-0.2, 0) is 6.18 Å². The smallest absolute Gasteiger partial charge is 0.417 e. The van der Waals surface area contributed by atoms with Crippen LogP contribution in [0.25, 0.3) is 0 Å². The molecule has 30 heavy (non-hydrogen) atoms. The molecule has 1 saturated carbocycles. The Hall–Kier alpha value is -3.06. The van der Waals surface area contributed by atoms with Crippen LogP contribution in [-0.4, -0.2) is 29.2 Å². The highest BCUT2D eigenvalue weighted by Crippen LogP contribution is 2.43. The van der Waals surface area contributed by atoms with E-state index >= 15 is 0 Å². The van der Waals surface area contributed by atoms with Crippen LogP contribution in [0.1, 0.15) is 46.5 Å². The summed E-state index contributed by atoms with van der Waals surface area (Å²) in [6, 6.07) is 6.75. The molecular weight excluding hydrogens is 419 g/mol. The number of urea groups is 1. The molecule has 0 radical (unpaired) electrons. The number of hydrogen-bond acceptors (Lipinski definition) is 4. The number of carboxylic acids is 1. The van der Waals surface area contributed by atoms with Crippen LogP contribution in [0.3, 0.4) is 0 Å². The van der Waals surface area contributed by atoms with Gasteiger partial charge in [0.05, 0.1) is 29.3 Å². The molecule has 0 spiro atoms. The van der Waals surface area contributed by atoms with Gasteiger partial charge in [-0.25, -0.2) is 9.59 Å². The second-order valence-electron chi connectivity index (χ2n) is 7.22. The molecule has 2 aliphatic rings. The zero-order valence-electron chi connectivity index (χ0n) is 15.5. The highest BCUT2D eigenvalue weighted by atomic mass is 32.1. The first-order chi connectivity index (χ1) is 14.2. The molecule has 1 aromatic heterocycles. The molecule has 4 rings (SSSR count). The molecule has 156 valence electrons. The fourth-order valence-electron chi connectivity index (χ4n) is 4.24. The van der Waals surface area contributed by atoms with Crippen LogP contribution in [0.4, 0.5) is 28.7 Å². The summed E-state index contributed by atoms with van der Waals surface area (Å²) in [5, 5.41) is 18.7. The molecule has 1 saturated heterocycles. The minimum absolute atomic E-state index is 0.0840. The molecule has 1 aliphatic carbocycles. The van der Waals surface area contributed by atoms with Crippen molar-refractivity contribution in [2.75, 3.05) is 9.80 Å². The lowest BCUT2D eigenvalue weighted by molar-refractivity contribution is -0.137. The van der Waals surface area contributed by atoms with Crippen LogP contribution >= 0.6 is 11.3 Å². The lowest BCUT2D eigenvalue weighted by Crippen LogP contribution is -2.39. The Morgan fingerprint density at radius 1 is 1.13 bits per heavy atom. The van der Waals surface area contributed by atoms with E-state index in [9.17, 15) is 27.9 Å². The van der Waals surface area contributed by atoms with Gasteiger partial charge >= 0.3 is 18.2 Å². The van der Waals surface area contributed by atoms with Gasteiger partial charge in [0.1, 0.15) is 9.88 Å². The Morgan fingerprint density at radius 3 is 2.37 bits per heavy atom. The Balaban J connectivity index is 1.78. The second kappa shape index (κ2) is 7.32. The number of carbonyl (C=O) groups excluding carboxylic acids is 1. The third kappa shape index (κ3) is 3.29. The van der Waals surface area contributed by atoms with Crippen LogP contribution in [0.15, 0.2) is 30.3 Å². The molecule has 2 aromatic rings. The number of rotatable bonds is 3. The fourth-order valence-corrected chi connectivity index (χ4v) is 5.14. The van der Waals surface area contributed by atoms with E-state index in [0.717, 1.165) is 36.3 Å². The minimum atomic E-state index is -4.72.